The summed E-state index contributed by atoms with van der Waals surface area (Å²) in [6, 6.07) is 11.9. The van der Waals surface area contributed by atoms with Gasteiger partial charge in [0, 0.05) is 28.0 Å². The van der Waals surface area contributed by atoms with E-state index >= 15 is 0 Å². The summed E-state index contributed by atoms with van der Waals surface area (Å²) in [4.78, 5) is 12.4. The molecule has 4 rings (SSSR count). The maximum absolute atomic E-state index is 12.4. The molecule has 1 amide bonds. The van der Waals surface area contributed by atoms with Gasteiger partial charge in [0.1, 0.15) is 11.4 Å². The van der Waals surface area contributed by atoms with E-state index in [9.17, 15) is 15.0 Å². The summed E-state index contributed by atoms with van der Waals surface area (Å²) < 4.78 is 1.58. The van der Waals surface area contributed by atoms with E-state index in [1.165, 1.54) is 6.07 Å². The molecule has 2 aromatic carbocycles. The van der Waals surface area contributed by atoms with Crippen molar-refractivity contribution in [1.82, 2.24) is 15.1 Å². The van der Waals surface area contributed by atoms with Crippen LogP contribution in [-0.4, -0.2) is 45.1 Å². The summed E-state index contributed by atoms with van der Waals surface area (Å²) in [5.74, 6) is 6.23. The van der Waals surface area contributed by atoms with Gasteiger partial charge in [0.25, 0.3) is 0 Å². The fraction of sp³-hybridized carbons (Fsp3) is 0.280. The molecule has 0 saturated carbocycles. The minimum Gasteiger partial charge on any atom is -0.507 e. The van der Waals surface area contributed by atoms with E-state index in [4.69, 9.17) is 11.6 Å². The molecule has 2 heterocycles. The number of amides is 1. The van der Waals surface area contributed by atoms with Crippen LogP contribution in [0.5, 0.6) is 5.75 Å². The number of aromatic nitrogens is 2. The lowest BCUT2D eigenvalue weighted by molar-refractivity contribution is -0.118. The lowest BCUT2D eigenvalue weighted by atomic mass is 10.0. The summed E-state index contributed by atoms with van der Waals surface area (Å²) in [7, 11) is 0. The van der Waals surface area contributed by atoms with Crippen molar-refractivity contribution in [1.29, 1.82) is 0 Å². The van der Waals surface area contributed by atoms with Crippen LogP contribution in [0.4, 0.5) is 5.69 Å². The molecule has 0 aliphatic carbocycles. The van der Waals surface area contributed by atoms with Crippen LogP contribution in [0.3, 0.4) is 0 Å². The molecule has 0 radical (unpaired) electrons. The van der Waals surface area contributed by atoms with Crippen LogP contribution < -0.4 is 10.6 Å². The number of aliphatic hydroxyl groups excluding tert-OH is 1. The molecule has 4 N–H and O–H groups in total. The Morgan fingerprint density at radius 3 is 2.76 bits per heavy atom. The molecule has 170 valence electrons. The first kappa shape index (κ1) is 22.9. The van der Waals surface area contributed by atoms with Crippen molar-refractivity contribution in [2.75, 3.05) is 18.5 Å². The van der Waals surface area contributed by atoms with Crippen molar-refractivity contribution in [3.63, 3.8) is 0 Å². The topological polar surface area (TPSA) is 99.4 Å². The van der Waals surface area contributed by atoms with Crippen LogP contribution in [0, 0.1) is 11.8 Å². The summed E-state index contributed by atoms with van der Waals surface area (Å²) in [6.07, 6.45) is 4.74. The Morgan fingerprint density at radius 1 is 1.21 bits per heavy atom. The van der Waals surface area contributed by atoms with E-state index in [2.05, 4.69) is 27.6 Å². The second-order valence-electron chi connectivity index (χ2n) is 7.86. The van der Waals surface area contributed by atoms with Gasteiger partial charge >= 0.3 is 0 Å². The van der Waals surface area contributed by atoms with E-state index in [1.807, 2.05) is 24.3 Å². The van der Waals surface area contributed by atoms with E-state index < -0.39 is 0 Å². The monoisotopic (exact) mass is 464 g/mol. The number of carbonyl (C=O) groups is 1. The lowest BCUT2D eigenvalue weighted by Crippen LogP contribution is -2.43. The van der Waals surface area contributed by atoms with Crippen LogP contribution in [0.2, 0.25) is 5.02 Å². The molecule has 0 spiro atoms. The summed E-state index contributed by atoms with van der Waals surface area (Å²) in [6.45, 7) is 1.11. The van der Waals surface area contributed by atoms with E-state index in [1.54, 1.807) is 23.0 Å². The van der Waals surface area contributed by atoms with Gasteiger partial charge in [0.2, 0.25) is 5.91 Å². The maximum atomic E-state index is 12.4. The smallest absolute Gasteiger partial charge is 0.241 e. The van der Waals surface area contributed by atoms with Crippen LogP contribution in [0.1, 0.15) is 30.4 Å². The Morgan fingerprint density at radius 2 is 2.03 bits per heavy atom. The standard InChI is InChI=1S/C25H25ClN4O3/c26-19-8-11-23(32)21(15-19)24-18(16-30(29-24)13-14-31)7-4-17-5-9-20(10-6-17)28-25(33)22-3-1-2-12-27-22/h5-6,8-11,15-16,22,27,31-32H,1-3,12-14H2,(H,28,33)/t22-/m0/s1. The van der Waals surface area contributed by atoms with Crippen LogP contribution in [0.25, 0.3) is 11.3 Å². The minimum absolute atomic E-state index is 0.0178. The van der Waals surface area contributed by atoms with Gasteiger partial charge < -0.3 is 20.8 Å². The van der Waals surface area contributed by atoms with Gasteiger partial charge in [-0.1, -0.05) is 29.9 Å². The Hall–Kier alpha value is -3.31. The van der Waals surface area contributed by atoms with Gasteiger partial charge in [-0.05, 0) is 61.9 Å². The number of rotatable bonds is 5. The molecule has 0 bridgehead atoms. The second kappa shape index (κ2) is 10.5. The Labute approximate surface area is 197 Å². The largest absolute Gasteiger partial charge is 0.507 e. The molecule has 8 heteroatoms. The molecule has 3 aromatic rings. The van der Waals surface area contributed by atoms with Crippen molar-refractivity contribution in [3.8, 4) is 28.8 Å². The fourth-order valence-corrected chi connectivity index (χ4v) is 3.88. The average molecular weight is 465 g/mol. The number of phenols is 1. The zero-order chi connectivity index (χ0) is 23.2. The summed E-state index contributed by atoms with van der Waals surface area (Å²) in [5, 5.41) is 30.7. The van der Waals surface area contributed by atoms with Crippen LogP contribution in [-0.2, 0) is 11.3 Å². The highest BCUT2D eigenvalue weighted by Crippen LogP contribution is 2.32. The van der Waals surface area contributed by atoms with Gasteiger partial charge in [0.15, 0.2) is 0 Å². The number of aliphatic hydroxyl groups is 1. The first-order valence-corrected chi connectivity index (χ1v) is 11.2. The number of aromatic hydroxyl groups is 1. The number of benzene rings is 2. The molecule has 1 atom stereocenters. The third-order valence-electron chi connectivity index (χ3n) is 5.43. The first-order valence-electron chi connectivity index (χ1n) is 10.9. The molecule has 1 aliphatic rings. The Kier molecular flexibility index (Phi) is 7.30. The third kappa shape index (κ3) is 5.74. The number of nitrogens with one attached hydrogen (secondary N) is 2. The number of halogens is 1. The molecule has 0 unspecified atom stereocenters. The molecular formula is C25H25ClN4O3. The SMILES string of the molecule is O=C(Nc1ccc(C#Cc2cn(CCO)nc2-c2cc(Cl)ccc2O)cc1)[C@@H]1CCCCN1. The number of piperidine rings is 1. The van der Waals surface area contributed by atoms with Crippen LogP contribution >= 0.6 is 11.6 Å². The number of nitrogens with zero attached hydrogens (tertiary/aromatic N) is 2. The Balaban J connectivity index is 1.54. The molecule has 1 aliphatic heterocycles. The number of hydrogen-bond donors (Lipinski definition) is 4. The molecular weight excluding hydrogens is 440 g/mol. The highest BCUT2D eigenvalue weighted by atomic mass is 35.5. The van der Waals surface area contributed by atoms with Crippen molar-refractivity contribution in [3.05, 3.63) is 64.8 Å². The third-order valence-corrected chi connectivity index (χ3v) is 5.66. The molecule has 1 aromatic heterocycles. The zero-order valence-corrected chi connectivity index (χ0v) is 18.8. The van der Waals surface area contributed by atoms with Gasteiger partial charge in [0.05, 0.1) is 24.8 Å². The average Bonchev–Trinajstić information content (AvgIpc) is 3.23. The van der Waals surface area contributed by atoms with Gasteiger partial charge in [-0.3, -0.25) is 9.48 Å². The maximum Gasteiger partial charge on any atom is 0.241 e. The Bertz CT molecular complexity index is 1190. The number of anilines is 1. The van der Waals surface area contributed by atoms with Crippen molar-refractivity contribution >= 4 is 23.2 Å². The van der Waals surface area contributed by atoms with Crippen molar-refractivity contribution < 1.29 is 15.0 Å². The first-order chi connectivity index (χ1) is 16.0. The van der Waals surface area contributed by atoms with Gasteiger partial charge in [-0.2, -0.15) is 5.10 Å². The fourth-order valence-electron chi connectivity index (χ4n) is 3.71. The second-order valence-corrected chi connectivity index (χ2v) is 8.30. The van der Waals surface area contributed by atoms with Gasteiger partial charge in [-0.15, -0.1) is 0 Å². The zero-order valence-electron chi connectivity index (χ0n) is 18.0. The quantitative estimate of drug-likeness (QED) is 0.434. The van der Waals surface area contributed by atoms with Crippen molar-refractivity contribution in [2.24, 2.45) is 0 Å². The molecule has 33 heavy (non-hydrogen) atoms. The minimum atomic E-state index is -0.144. The van der Waals surface area contributed by atoms with Crippen molar-refractivity contribution in [2.45, 2.75) is 31.8 Å². The van der Waals surface area contributed by atoms with E-state index in [-0.39, 0.29) is 24.3 Å². The molecule has 1 saturated heterocycles. The molecule has 7 nitrogen and oxygen atoms in total. The predicted molar refractivity (Wildman–Crippen MR) is 128 cm³/mol. The highest BCUT2D eigenvalue weighted by molar-refractivity contribution is 6.31. The lowest BCUT2D eigenvalue weighted by Gasteiger charge is -2.22. The normalized spacial score (nSPS) is 15.5. The van der Waals surface area contributed by atoms with Gasteiger partial charge in [-0.25, -0.2) is 0 Å². The highest BCUT2D eigenvalue weighted by Gasteiger charge is 2.20. The number of hydrogen-bond acceptors (Lipinski definition) is 5. The van der Waals surface area contributed by atoms with E-state index in [0.717, 1.165) is 37.1 Å². The molecule has 1 fully saturated rings. The van der Waals surface area contributed by atoms with Crippen LogP contribution in [0.15, 0.2) is 48.7 Å². The predicted octanol–water partition coefficient (Wildman–Crippen LogP) is 3.38. The summed E-state index contributed by atoms with van der Waals surface area (Å²) in [5.41, 5.74) is 3.04. The van der Waals surface area contributed by atoms with E-state index in [0.29, 0.717) is 28.4 Å². The number of phenolic OH excluding ortho intramolecular Hbond substituents is 1. The summed E-state index contributed by atoms with van der Waals surface area (Å²) >= 11 is 6.10. The number of carbonyl (C=O) groups excluding carboxylic acids is 1.